The highest BCUT2D eigenvalue weighted by molar-refractivity contribution is 5.79. The predicted octanol–water partition coefficient (Wildman–Crippen LogP) is 12.8. The first-order valence-electron chi connectivity index (χ1n) is 17.2. The average molecular weight is 620 g/mol. The van der Waals surface area contributed by atoms with Crippen LogP contribution in [0.1, 0.15) is 36.8 Å². The summed E-state index contributed by atoms with van der Waals surface area (Å²) in [6, 6.07) is 61.2. The molecule has 0 aliphatic heterocycles. The van der Waals surface area contributed by atoms with Crippen LogP contribution in [0.25, 0.3) is 55.8 Å². The second-order valence-corrected chi connectivity index (χ2v) is 12.6. The Kier molecular flexibility index (Phi) is 9.96. The number of hydrogen-bond donors (Lipinski definition) is 0. The fourth-order valence-corrected chi connectivity index (χ4v) is 6.54. The van der Waals surface area contributed by atoms with Gasteiger partial charge in [0, 0.05) is 17.3 Å². The van der Waals surface area contributed by atoms with Crippen molar-refractivity contribution in [3.63, 3.8) is 0 Å². The molecule has 0 atom stereocenters. The molecule has 0 saturated heterocycles. The highest BCUT2D eigenvalue weighted by atomic mass is 14.7. The van der Waals surface area contributed by atoms with Gasteiger partial charge in [0.1, 0.15) is 0 Å². The van der Waals surface area contributed by atoms with E-state index in [9.17, 15) is 0 Å². The zero-order chi connectivity index (χ0) is 32.4. The van der Waals surface area contributed by atoms with Crippen LogP contribution in [-0.2, 0) is 12.8 Å². The molecule has 1 aromatic heterocycles. The van der Waals surface area contributed by atoms with E-state index >= 15 is 0 Å². The van der Waals surface area contributed by atoms with E-state index in [1.165, 1.54) is 82.2 Å². The van der Waals surface area contributed by atoms with E-state index in [4.69, 9.17) is 4.98 Å². The fraction of sp³-hybridized carbons (Fsp3) is 0.128. The van der Waals surface area contributed by atoms with Crippen LogP contribution in [0.15, 0.2) is 176 Å². The summed E-state index contributed by atoms with van der Waals surface area (Å²) in [7, 11) is 0. The standard InChI is InChI=1S/C47H41N/c1(5-15-36-16-7-3-8-17-36)2-6-18-37-19-11-22-39(31-37)40-23-12-24-41(32-40)42-25-13-26-43(33-42)44-27-14-28-45(34-44)47-30-29-46(35-48-47)38-20-9-4-10-21-38/h3-4,7-14,16-17,19-35H,1-2,5-6,15,18H2. The molecule has 0 N–H and O–H groups in total. The number of rotatable bonds is 12. The van der Waals surface area contributed by atoms with Gasteiger partial charge in [0.2, 0.25) is 0 Å². The van der Waals surface area contributed by atoms with Gasteiger partial charge in [-0.1, -0.05) is 158 Å². The van der Waals surface area contributed by atoms with Crippen molar-refractivity contribution in [3.05, 3.63) is 187 Å². The minimum absolute atomic E-state index is 0.977. The average Bonchev–Trinajstić information content (AvgIpc) is 3.17. The van der Waals surface area contributed by atoms with Gasteiger partial charge in [0.05, 0.1) is 5.69 Å². The molecule has 48 heavy (non-hydrogen) atoms. The Morgan fingerprint density at radius 1 is 0.292 bits per heavy atom. The molecule has 234 valence electrons. The van der Waals surface area contributed by atoms with Gasteiger partial charge in [-0.15, -0.1) is 0 Å². The van der Waals surface area contributed by atoms with E-state index < -0.39 is 0 Å². The second kappa shape index (κ2) is 15.4. The zero-order valence-corrected chi connectivity index (χ0v) is 27.4. The van der Waals surface area contributed by atoms with Gasteiger partial charge in [0.15, 0.2) is 0 Å². The number of nitrogens with zero attached hydrogens (tertiary/aromatic N) is 1. The maximum atomic E-state index is 4.81. The maximum Gasteiger partial charge on any atom is 0.0702 e. The molecule has 0 spiro atoms. The van der Waals surface area contributed by atoms with Crippen LogP contribution < -0.4 is 0 Å². The van der Waals surface area contributed by atoms with Crippen molar-refractivity contribution in [1.82, 2.24) is 4.98 Å². The molecule has 7 rings (SSSR count). The highest BCUT2D eigenvalue weighted by Crippen LogP contribution is 2.32. The Labute approximate surface area is 285 Å². The Balaban J connectivity index is 1.02. The summed E-state index contributed by atoms with van der Waals surface area (Å²) in [6.07, 6.45) is 9.36. The largest absolute Gasteiger partial charge is 0.256 e. The van der Waals surface area contributed by atoms with Gasteiger partial charge in [0.25, 0.3) is 0 Å². The van der Waals surface area contributed by atoms with Gasteiger partial charge in [-0.2, -0.15) is 0 Å². The molecule has 0 amide bonds. The van der Waals surface area contributed by atoms with Crippen molar-refractivity contribution in [2.24, 2.45) is 0 Å². The Morgan fingerprint density at radius 2 is 0.729 bits per heavy atom. The summed E-state index contributed by atoms with van der Waals surface area (Å²) in [5.74, 6) is 0. The second-order valence-electron chi connectivity index (χ2n) is 12.6. The maximum absolute atomic E-state index is 4.81. The van der Waals surface area contributed by atoms with Gasteiger partial charge < -0.3 is 0 Å². The van der Waals surface area contributed by atoms with E-state index in [2.05, 4.69) is 164 Å². The molecule has 6 aromatic carbocycles. The van der Waals surface area contributed by atoms with E-state index in [1.54, 1.807) is 0 Å². The number of unbranched alkanes of at least 4 members (excludes halogenated alkanes) is 3. The van der Waals surface area contributed by atoms with Crippen molar-refractivity contribution >= 4 is 0 Å². The van der Waals surface area contributed by atoms with Crippen LogP contribution in [0, 0.1) is 0 Å². The van der Waals surface area contributed by atoms with Crippen molar-refractivity contribution in [1.29, 1.82) is 0 Å². The molecule has 0 aliphatic rings. The minimum Gasteiger partial charge on any atom is -0.256 e. The molecule has 1 heterocycles. The topological polar surface area (TPSA) is 12.9 Å². The van der Waals surface area contributed by atoms with Crippen LogP contribution in [-0.4, -0.2) is 4.98 Å². The molecule has 0 radical (unpaired) electrons. The van der Waals surface area contributed by atoms with Crippen LogP contribution in [0.2, 0.25) is 0 Å². The van der Waals surface area contributed by atoms with Crippen molar-refractivity contribution in [2.45, 2.75) is 38.5 Å². The molecular weight excluding hydrogens is 579 g/mol. The SMILES string of the molecule is c1ccc(CCCCCCc2cccc(-c3cccc(-c4cccc(-c5cccc(-c6ccc(-c7ccccc7)cn6)c5)c4)c3)c2)cc1. The van der Waals surface area contributed by atoms with Crippen molar-refractivity contribution < 1.29 is 0 Å². The van der Waals surface area contributed by atoms with Crippen LogP contribution in [0.5, 0.6) is 0 Å². The lowest BCUT2D eigenvalue weighted by atomic mass is 9.94. The summed E-state index contributed by atoms with van der Waals surface area (Å²) in [4.78, 5) is 4.81. The third kappa shape index (κ3) is 7.88. The number of benzene rings is 6. The van der Waals surface area contributed by atoms with E-state index in [1.807, 2.05) is 12.3 Å². The normalized spacial score (nSPS) is 11.0. The summed E-state index contributed by atoms with van der Waals surface area (Å²) >= 11 is 0. The van der Waals surface area contributed by atoms with E-state index in [0.29, 0.717) is 0 Å². The quantitative estimate of drug-likeness (QED) is 0.124. The minimum atomic E-state index is 0.977. The number of hydrogen-bond acceptors (Lipinski definition) is 1. The smallest absolute Gasteiger partial charge is 0.0702 e. The molecule has 7 aromatic rings. The lowest BCUT2D eigenvalue weighted by Crippen LogP contribution is -1.89. The monoisotopic (exact) mass is 619 g/mol. The number of aryl methyl sites for hydroxylation is 2. The fourth-order valence-electron chi connectivity index (χ4n) is 6.54. The molecule has 0 aliphatic carbocycles. The van der Waals surface area contributed by atoms with Gasteiger partial charge in [-0.3, -0.25) is 4.98 Å². The van der Waals surface area contributed by atoms with Crippen molar-refractivity contribution in [2.75, 3.05) is 0 Å². The Bertz CT molecular complexity index is 2060. The summed E-state index contributed by atoms with van der Waals surface area (Å²) < 4.78 is 0. The van der Waals surface area contributed by atoms with Gasteiger partial charge in [-0.25, -0.2) is 0 Å². The van der Waals surface area contributed by atoms with E-state index in [-0.39, 0.29) is 0 Å². The van der Waals surface area contributed by atoms with Crippen LogP contribution in [0.4, 0.5) is 0 Å². The molecule has 0 unspecified atom stereocenters. The lowest BCUT2D eigenvalue weighted by Gasteiger charge is -2.11. The Hall–Kier alpha value is -5.53. The predicted molar refractivity (Wildman–Crippen MR) is 204 cm³/mol. The first-order valence-corrected chi connectivity index (χ1v) is 17.2. The first-order chi connectivity index (χ1) is 23.8. The third-order valence-corrected chi connectivity index (χ3v) is 9.20. The highest BCUT2D eigenvalue weighted by Gasteiger charge is 2.08. The zero-order valence-electron chi connectivity index (χ0n) is 27.4. The molecule has 0 saturated carbocycles. The van der Waals surface area contributed by atoms with Crippen LogP contribution >= 0.6 is 0 Å². The van der Waals surface area contributed by atoms with Gasteiger partial charge >= 0.3 is 0 Å². The van der Waals surface area contributed by atoms with Gasteiger partial charge in [-0.05, 0) is 100 Å². The number of pyridine rings is 1. The first kappa shape index (κ1) is 31.1. The Morgan fingerprint density at radius 3 is 1.29 bits per heavy atom. The summed E-state index contributed by atoms with van der Waals surface area (Å²) in [6.45, 7) is 0. The van der Waals surface area contributed by atoms with Crippen LogP contribution in [0.3, 0.4) is 0 Å². The molecule has 1 nitrogen and oxygen atoms in total. The van der Waals surface area contributed by atoms with E-state index in [0.717, 1.165) is 23.2 Å². The molecule has 1 heteroatoms. The number of aromatic nitrogens is 1. The van der Waals surface area contributed by atoms with Crippen molar-refractivity contribution in [3.8, 4) is 55.8 Å². The summed E-state index contributed by atoms with van der Waals surface area (Å²) in [5.41, 5.74) is 14.7. The lowest BCUT2D eigenvalue weighted by molar-refractivity contribution is 0.640. The third-order valence-electron chi connectivity index (χ3n) is 9.20. The molecular formula is C47H41N. The molecule has 0 fully saturated rings. The molecule has 0 bridgehead atoms. The summed E-state index contributed by atoms with van der Waals surface area (Å²) in [5, 5.41) is 0.